The average Bonchev–Trinajstić information content (AvgIpc) is 3.16. The maximum Gasteiger partial charge on any atom is 0.253 e. The first-order chi connectivity index (χ1) is 13.6. The number of phenolic OH excluding ortho intramolecular Hbond substituents is 1. The average molecular weight is 378 g/mol. The van der Waals surface area contributed by atoms with Crippen LogP contribution in [-0.4, -0.2) is 21.7 Å². The summed E-state index contributed by atoms with van der Waals surface area (Å²) in [4.78, 5) is 31.2. The molecule has 0 aliphatic carbocycles. The Kier molecular flexibility index (Phi) is 4.44. The fraction of sp³-hybridized carbons (Fsp3) is 0.150. The number of imidazole rings is 1. The van der Waals surface area contributed by atoms with Crippen molar-refractivity contribution in [2.45, 2.75) is 13.5 Å². The number of aromatic hydroxyl groups is 1. The summed E-state index contributed by atoms with van der Waals surface area (Å²) in [5.41, 5.74) is 2.21. The number of phenols is 1. The van der Waals surface area contributed by atoms with Crippen LogP contribution < -0.4 is 26.2 Å². The van der Waals surface area contributed by atoms with Gasteiger partial charge in [-0.15, -0.1) is 0 Å². The molecule has 0 saturated heterocycles. The molecule has 0 spiro atoms. The maximum atomic E-state index is 12.0. The molecule has 1 aromatic heterocycles. The van der Waals surface area contributed by atoms with Crippen molar-refractivity contribution in [1.29, 1.82) is 0 Å². The monoisotopic (exact) mass is 378 g/mol. The fourth-order valence-electron chi connectivity index (χ4n) is 3.02. The number of aromatic amines is 1. The van der Waals surface area contributed by atoms with Crippen LogP contribution in [0.4, 0.5) is 17.1 Å². The number of hydrogen-bond donors (Lipinski definition) is 4. The van der Waals surface area contributed by atoms with E-state index in [-0.39, 0.29) is 23.7 Å². The Bertz CT molecular complexity index is 1220. The molecule has 0 bridgehead atoms. The molecule has 4 N–H and O–H groups in total. The third kappa shape index (κ3) is 3.16. The van der Waals surface area contributed by atoms with Crippen molar-refractivity contribution in [3.8, 4) is 11.5 Å². The van der Waals surface area contributed by atoms with Gasteiger partial charge in [0.2, 0.25) is 0 Å². The molecule has 8 heteroatoms. The molecule has 1 heterocycles. The molecule has 4 rings (SSSR count). The molecule has 28 heavy (non-hydrogen) atoms. The minimum Gasteiger partial charge on any atom is -0.508 e. The van der Waals surface area contributed by atoms with E-state index in [1.165, 1.54) is 6.07 Å². The lowest BCUT2D eigenvalue weighted by Gasteiger charge is -2.16. The number of fused-ring (bicyclic) bond motifs is 1. The summed E-state index contributed by atoms with van der Waals surface area (Å²) in [5, 5.41) is 15.7. The van der Waals surface area contributed by atoms with E-state index in [0.29, 0.717) is 23.6 Å². The first-order valence-electron chi connectivity index (χ1n) is 8.79. The van der Waals surface area contributed by atoms with Gasteiger partial charge in [0.15, 0.2) is 0 Å². The Morgan fingerprint density at radius 2 is 1.93 bits per heavy atom. The van der Waals surface area contributed by atoms with E-state index < -0.39 is 10.9 Å². The normalized spacial score (nSPS) is 11.0. The lowest BCUT2D eigenvalue weighted by atomic mass is 10.1. The molecule has 142 valence electrons. The summed E-state index contributed by atoms with van der Waals surface area (Å²) in [6, 6.07) is 10.2. The topological polar surface area (TPSA) is 116 Å². The van der Waals surface area contributed by atoms with E-state index >= 15 is 0 Å². The number of benzene rings is 2. The lowest BCUT2D eigenvalue weighted by Crippen LogP contribution is -2.36. The fourth-order valence-corrected chi connectivity index (χ4v) is 3.02. The molecular formula is C20H18N4O4. The van der Waals surface area contributed by atoms with Crippen LogP contribution in [0.2, 0.25) is 0 Å². The van der Waals surface area contributed by atoms with Gasteiger partial charge in [-0.2, -0.15) is 0 Å². The van der Waals surface area contributed by atoms with E-state index in [2.05, 4.69) is 20.6 Å². The smallest absolute Gasteiger partial charge is 0.253 e. The molecule has 0 aliphatic heterocycles. The van der Waals surface area contributed by atoms with Crippen LogP contribution >= 0.6 is 0 Å². The van der Waals surface area contributed by atoms with Gasteiger partial charge in [0.05, 0.1) is 24.0 Å². The SMILES string of the molecule is CCOc1ccc(O)cc1CNc1c(Nc2ccc3[nH]cnc3c2)c(=O)c1=O. The zero-order chi connectivity index (χ0) is 19.7. The number of anilines is 3. The number of H-pyrrole nitrogens is 1. The van der Waals surface area contributed by atoms with Gasteiger partial charge in [-0.25, -0.2) is 4.98 Å². The van der Waals surface area contributed by atoms with Crippen LogP contribution in [0, 0.1) is 0 Å². The highest BCUT2D eigenvalue weighted by molar-refractivity contribution is 5.84. The number of rotatable bonds is 7. The minimum absolute atomic E-state index is 0.0934. The molecule has 8 nitrogen and oxygen atoms in total. The highest BCUT2D eigenvalue weighted by Crippen LogP contribution is 2.27. The number of hydrogen-bond acceptors (Lipinski definition) is 7. The van der Waals surface area contributed by atoms with E-state index in [4.69, 9.17) is 4.74 Å². The van der Waals surface area contributed by atoms with Crippen molar-refractivity contribution < 1.29 is 9.84 Å². The van der Waals surface area contributed by atoms with E-state index in [1.807, 2.05) is 13.0 Å². The van der Waals surface area contributed by atoms with Crippen molar-refractivity contribution >= 4 is 28.1 Å². The number of aromatic nitrogens is 2. The van der Waals surface area contributed by atoms with Gasteiger partial charge in [0.1, 0.15) is 22.9 Å². The van der Waals surface area contributed by atoms with Crippen molar-refractivity contribution in [3.63, 3.8) is 0 Å². The summed E-state index contributed by atoms with van der Waals surface area (Å²) < 4.78 is 5.54. The van der Waals surface area contributed by atoms with E-state index in [0.717, 1.165) is 11.0 Å². The van der Waals surface area contributed by atoms with Crippen LogP contribution in [0.5, 0.6) is 11.5 Å². The molecule has 0 amide bonds. The van der Waals surface area contributed by atoms with Gasteiger partial charge in [-0.1, -0.05) is 0 Å². The summed E-state index contributed by atoms with van der Waals surface area (Å²) in [5.74, 6) is 0.695. The van der Waals surface area contributed by atoms with Gasteiger partial charge in [-0.3, -0.25) is 9.59 Å². The van der Waals surface area contributed by atoms with Crippen LogP contribution in [-0.2, 0) is 6.54 Å². The minimum atomic E-state index is -0.582. The number of nitrogens with one attached hydrogen (secondary N) is 3. The second-order valence-electron chi connectivity index (χ2n) is 6.25. The standard InChI is InChI=1S/C20H18N4O4/c1-2-28-16-6-4-13(25)7-11(16)9-21-17-18(20(27)19(17)26)24-12-3-5-14-15(8-12)23-10-22-14/h3-8,10,21,24-25H,2,9H2,1H3,(H,22,23). The van der Waals surface area contributed by atoms with Gasteiger partial charge >= 0.3 is 0 Å². The predicted octanol–water partition coefficient (Wildman–Crippen LogP) is 2.62. The zero-order valence-corrected chi connectivity index (χ0v) is 15.1. The van der Waals surface area contributed by atoms with Crippen LogP contribution in [0.3, 0.4) is 0 Å². The molecule has 0 unspecified atom stereocenters. The predicted molar refractivity (Wildman–Crippen MR) is 107 cm³/mol. The second-order valence-corrected chi connectivity index (χ2v) is 6.25. The van der Waals surface area contributed by atoms with Gasteiger partial charge in [0.25, 0.3) is 10.9 Å². The molecule has 0 radical (unpaired) electrons. The summed E-state index contributed by atoms with van der Waals surface area (Å²) in [6.07, 6.45) is 1.59. The van der Waals surface area contributed by atoms with Crippen molar-refractivity contribution in [2.75, 3.05) is 17.2 Å². The Hall–Kier alpha value is -3.81. The van der Waals surface area contributed by atoms with Crippen LogP contribution in [0.15, 0.2) is 52.3 Å². The molecule has 0 aliphatic rings. The second kappa shape index (κ2) is 7.07. The first kappa shape index (κ1) is 17.6. The summed E-state index contributed by atoms with van der Waals surface area (Å²) in [7, 11) is 0. The Balaban J connectivity index is 1.55. The molecular weight excluding hydrogens is 360 g/mol. The van der Waals surface area contributed by atoms with E-state index in [9.17, 15) is 14.7 Å². The molecule has 3 aromatic carbocycles. The molecule has 0 fully saturated rings. The van der Waals surface area contributed by atoms with Gasteiger partial charge < -0.3 is 25.5 Å². The van der Waals surface area contributed by atoms with Crippen LogP contribution in [0.25, 0.3) is 11.0 Å². The summed E-state index contributed by atoms with van der Waals surface area (Å²) >= 11 is 0. The van der Waals surface area contributed by atoms with Gasteiger partial charge in [0, 0.05) is 17.8 Å². The lowest BCUT2D eigenvalue weighted by molar-refractivity contribution is 0.336. The molecule has 0 atom stereocenters. The highest BCUT2D eigenvalue weighted by atomic mass is 16.5. The summed E-state index contributed by atoms with van der Waals surface area (Å²) in [6.45, 7) is 2.56. The van der Waals surface area contributed by atoms with E-state index in [1.54, 1.807) is 30.6 Å². The number of ether oxygens (including phenoxy) is 1. The maximum absolute atomic E-state index is 12.0. The van der Waals surface area contributed by atoms with Crippen molar-refractivity contribution in [2.24, 2.45) is 0 Å². The highest BCUT2D eigenvalue weighted by Gasteiger charge is 2.21. The largest absolute Gasteiger partial charge is 0.508 e. The Morgan fingerprint density at radius 3 is 2.75 bits per heavy atom. The van der Waals surface area contributed by atoms with Gasteiger partial charge in [-0.05, 0) is 43.3 Å². The third-order valence-corrected chi connectivity index (χ3v) is 4.40. The quantitative estimate of drug-likeness (QED) is 0.365. The van der Waals surface area contributed by atoms with Crippen LogP contribution in [0.1, 0.15) is 12.5 Å². The Morgan fingerprint density at radius 1 is 1.11 bits per heavy atom. The number of nitrogens with zero attached hydrogens (tertiary/aromatic N) is 1. The zero-order valence-electron chi connectivity index (χ0n) is 15.1. The van der Waals surface area contributed by atoms with Crippen molar-refractivity contribution in [3.05, 3.63) is 68.7 Å². The molecule has 4 aromatic rings. The third-order valence-electron chi connectivity index (χ3n) is 4.40. The van der Waals surface area contributed by atoms with Crippen molar-refractivity contribution in [1.82, 2.24) is 9.97 Å². The molecule has 0 saturated carbocycles. The first-order valence-corrected chi connectivity index (χ1v) is 8.79. The Labute approximate surface area is 159 Å².